The van der Waals surface area contributed by atoms with Crippen LogP contribution in [-0.2, 0) is 4.79 Å². The van der Waals surface area contributed by atoms with Crippen LogP contribution in [-0.4, -0.2) is 23.4 Å². The molecule has 1 heterocycles. The first-order valence-corrected chi connectivity index (χ1v) is 6.00. The zero-order chi connectivity index (χ0) is 11.7. The van der Waals surface area contributed by atoms with E-state index in [9.17, 15) is 4.79 Å². The highest BCUT2D eigenvalue weighted by Crippen LogP contribution is 2.30. The second kappa shape index (κ2) is 4.46. The molecule has 0 radical (unpaired) electrons. The summed E-state index contributed by atoms with van der Waals surface area (Å²) in [6.07, 6.45) is 0.610. The van der Waals surface area contributed by atoms with Crippen LogP contribution in [0.1, 0.15) is 31.7 Å². The van der Waals surface area contributed by atoms with Gasteiger partial charge in [0, 0.05) is 29.9 Å². The maximum atomic E-state index is 11.8. The van der Waals surface area contributed by atoms with Crippen molar-refractivity contribution in [3.8, 4) is 0 Å². The van der Waals surface area contributed by atoms with Gasteiger partial charge in [0.1, 0.15) is 0 Å². The van der Waals surface area contributed by atoms with E-state index in [1.807, 2.05) is 29.2 Å². The highest BCUT2D eigenvalue weighted by atomic mass is 35.5. The molecule has 0 aromatic heterocycles. The van der Waals surface area contributed by atoms with Crippen LogP contribution in [0.25, 0.3) is 0 Å². The molecule has 1 atom stereocenters. The number of rotatable bonds is 2. The Hall–Kier alpha value is -1.02. The Kier molecular flexibility index (Phi) is 3.20. The number of carbonyl (C=O) groups excluding carboxylic acids is 1. The van der Waals surface area contributed by atoms with Crippen molar-refractivity contribution in [3.63, 3.8) is 0 Å². The van der Waals surface area contributed by atoms with Crippen LogP contribution >= 0.6 is 11.6 Å². The summed E-state index contributed by atoms with van der Waals surface area (Å²) in [6.45, 7) is 4.92. The van der Waals surface area contributed by atoms with Crippen LogP contribution < -0.4 is 0 Å². The van der Waals surface area contributed by atoms with E-state index < -0.39 is 0 Å². The largest absolute Gasteiger partial charge is 0.340 e. The van der Waals surface area contributed by atoms with Gasteiger partial charge in [0.25, 0.3) is 0 Å². The second-order valence-electron chi connectivity index (χ2n) is 4.60. The molecule has 16 heavy (non-hydrogen) atoms. The van der Waals surface area contributed by atoms with E-state index in [1.165, 1.54) is 5.56 Å². The third-order valence-corrected chi connectivity index (χ3v) is 3.34. The third kappa shape index (κ3) is 2.22. The second-order valence-corrected chi connectivity index (χ2v) is 5.03. The fourth-order valence-corrected chi connectivity index (χ4v) is 2.41. The Morgan fingerprint density at radius 3 is 2.75 bits per heavy atom. The predicted molar refractivity (Wildman–Crippen MR) is 65.7 cm³/mol. The van der Waals surface area contributed by atoms with Gasteiger partial charge in [-0.3, -0.25) is 4.79 Å². The number of benzene rings is 1. The van der Waals surface area contributed by atoms with Crippen molar-refractivity contribution in [2.75, 3.05) is 6.54 Å². The molecule has 1 aliphatic heterocycles. The lowest BCUT2D eigenvalue weighted by atomic mass is 9.98. The van der Waals surface area contributed by atoms with E-state index in [0.29, 0.717) is 12.3 Å². The van der Waals surface area contributed by atoms with Crippen LogP contribution in [0.15, 0.2) is 24.3 Å². The summed E-state index contributed by atoms with van der Waals surface area (Å²) >= 11 is 5.96. The van der Waals surface area contributed by atoms with Crippen LogP contribution in [0.2, 0.25) is 5.02 Å². The number of nitrogens with zero attached hydrogens (tertiary/aromatic N) is 1. The molecule has 1 fully saturated rings. The van der Waals surface area contributed by atoms with Crippen molar-refractivity contribution in [2.45, 2.75) is 32.2 Å². The van der Waals surface area contributed by atoms with E-state index in [4.69, 9.17) is 11.6 Å². The molecule has 3 heteroatoms. The molecule has 0 saturated carbocycles. The number of carbonyl (C=O) groups is 1. The van der Waals surface area contributed by atoms with Crippen molar-refractivity contribution >= 4 is 17.5 Å². The van der Waals surface area contributed by atoms with Crippen LogP contribution in [0.3, 0.4) is 0 Å². The SMILES string of the molecule is CC(C)N1C[C@H](c2cccc(Cl)c2)CC1=O. The van der Waals surface area contributed by atoms with E-state index >= 15 is 0 Å². The van der Waals surface area contributed by atoms with Crippen LogP contribution in [0, 0.1) is 0 Å². The Morgan fingerprint density at radius 1 is 1.44 bits per heavy atom. The number of halogens is 1. The Labute approximate surface area is 101 Å². The maximum Gasteiger partial charge on any atom is 0.223 e. The molecule has 1 amide bonds. The quantitative estimate of drug-likeness (QED) is 0.774. The predicted octanol–water partition coefficient (Wildman–Crippen LogP) is 3.06. The Balaban J connectivity index is 2.17. The van der Waals surface area contributed by atoms with Crippen molar-refractivity contribution in [2.24, 2.45) is 0 Å². The highest BCUT2D eigenvalue weighted by molar-refractivity contribution is 6.30. The van der Waals surface area contributed by atoms with Crippen LogP contribution in [0.5, 0.6) is 0 Å². The molecule has 0 aliphatic carbocycles. The first kappa shape index (κ1) is 11.5. The van der Waals surface area contributed by atoms with Gasteiger partial charge < -0.3 is 4.90 Å². The molecule has 1 aromatic carbocycles. The fraction of sp³-hybridized carbons (Fsp3) is 0.462. The van der Waals surface area contributed by atoms with Gasteiger partial charge in [-0.05, 0) is 31.5 Å². The zero-order valence-corrected chi connectivity index (χ0v) is 10.4. The molecule has 86 valence electrons. The number of amides is 1. The lowest BCUT2D eigenvalue weighted by molar-refractivity contribution is -0.129. The fourth-order valence-electron chi connectivity index (χ4n) is 2.21. The summed E-state index contributed by atoms with van der Waals surface area (Å²) in [6, 6.07) is 8.11. The lowest BCUT2D eigenvalue weighted by Gasteiger charge is -2.21. The van der Waals surface area contributed by atoms with Gasteiger partial charge >= 0.3 is 0 Å². The molecule has 0 bridgehead atoms. The van der Waals surface area contributed by atoms with E-state index in [1.54, 1.807) is 0 Å². The summed E-state index contributed by atoms with van der Waals surface area (Å²) in [5.41, 5.74) is 1.17. The van der Waals surface area contributed by atoms with Gasteiger partial charge in [-0.2, -0.15) is 0 Å². The normalized spacial score (nSPS) is 20.9. The van der Waals surface area contributed by atoms with Crippen molar-refractivity contribution in [1.29, 1.82) is 0 Å². The minimum Gasteiger partial charge on any atom is -0.340 e. The molecule has 0 unspecified atom stereocenters. The molecule has 0 spiro atoms. The summed E-state index contributed by atoms with van der Waals surface area (Å²) in [7, 11) is 0. The average Bonchev–Trinajstić information content (AvgIpc) is 2.60. The summed E-state index contributed by atoms with van der Waals surface area (Å²) in [4.78, 5) is 13.7. The first-order chi connectivity index (χ1) is 7.58. The zero-order valence-electron chi connectivity index (χ0n) is 9.61. The molecule has 1 saturated heterocycles. The third-order valence-electron chi connectivity index (χ3n) is 3.10. The smallest absolute Gasteiger partial charge is 0.223 e. The van der Waals surface area contributed by atoms with Crippen molar-refractivity contribution in [3.05, 3.63) is 34.9 Å². The van der Waals surface area contributed by atoms with E-state index in [2.05, 4.69) is 13.8 Å². The summed E-state index contributed by atoms with van der Waals surface area (Å²) < 4.78 is 0. The molecule has 1 aromatic rings. The van der Waals surface area contributed by atoms with E-state index in [-0.39, 0.29) is 11.9 Å². The topological polar surface area (TPSA) is 20.3 Å². The maximum absolute atomic E-state index is 11.8. The monoisotopic (exact) mass is 237 g/mol. The van der Waals surface area contributed by atoms with Gasteiger partial charge in [0.15, 0.2) is 0 Å². The van der Waals surface area contributed by atoms with Gasteiger partial charge in [-0.15, -0.1) is 0 Å². The standard InChI is InChI=1S/C13H16ClNO/c1-9(2)15-8-11(7-13(15)16)10-4-3-5-12(14)6-10/h3-6,9,11H,7-8H2,1-2H3/t11-/m1/s1. The summed E-state index contributed by atoms with van der Waals surface area (Å²) in [5, 5.41) is 0.743. The average molecular weight is 238 g/mol. The number of hydrogen-bond donors (Lipinski definition) is 0. The Bertz CT molecular complexity index is 403. The van der Waals surface area contributed by atoms with Gasteiger partial charge in [-0.1, -0.05) is 23.7 Å². The van der Waals surface area contributed by atoms with Gasteiger partial charge in [0.2, 0.25) is 5.91 Å². The minimum atomic E-state index is 0.250. The molecule has 2 nitrogen and oxygen atoms in total. The van der Waals surface area contributed by atoms with E-state index in [0.717, 1.165) is 11.6 Å². The molecule has 1 aliphatic rings. The molecule has 2 rings (SSSR count). The van der Waals surface area contributed by atoms with Crippen LogP contribution in [0.4, 0.5) is 0 Å². The highest BCUT2D eigenvalue weighted by Gasteiger charge is 2.31. The first-order valence-electron chi connectivity index (χ1n) is 5.63. The lowest BCUT2D eigenvalue weighted by Crippen LogP contribution is -2.31. The minimum absolute atomic E-state index is 0.250. The Morgan fingerprint density at radius 2 is 2.19 bits per heavy atom. The van der Waals surface area contributed by atoms with Gasteiger partial charge in [-0.25, -0.2) is 0 Å². The van der Waals surface area contributed by atoms with Crippen molar-refractivity contribution in [1.82, 2.24) is 4.90 Å². The van der Waals surface area contributed by atoms with Crippen molar-refractivity contribution < 1.29 is 4.79 Å². The summed E-state index contributed by atoms with van der Waals surface area (Å²) in [5.74, 6) is 0.550. The molecular formula is C13H16ClNO. The molecule has 0 N–H and O–H groups in total. The van der Waals surface area contributed by atoms with Gasteiger partial charge in [0.05, 0.1) is 0 Å². The molecular weight excluding hydrogens is 222 g/mol. The number of likely N-dealkylation sites (tertiary alicyclic amines) is 1. The number of hydrogen-bond acceptors (Lipinski definition) is 1.